The number of hydrogen-bond donors (Lipinski definition) is 4. The fourth-order valence-electron chi connectivity index (χ4n) is 5.55. The molecule has 2 aromatic rings. The second-order valence-electron chi connectivity index (χ2n) is 11.9. The smallest absolute Gasteiger partial charge is 0.418 e. The monoisotopic (exact) mass is 639 g/mol. The first-order valence-corrected chi connectivity index (χ1v) is 15.0. The number of ether oxygens (including phenoxy) is 2. The summed E-state index contributed by atoms with van der Waals surface area (Å²) in [6.07, 6.45) is -0.941. The van der Waals surface area contributed by atoms with E-state index in [4.69, 9.17) is 19.9 Å². The Hall–Kier alpha value is -3.82. The zero-order valence-electron chi connectivity index (χ0n) is 25.3. The number of nitro groups is 1. The van der Waals surface area contributed by atoms with Gasteiger partial charge in [0.05, 0.1) is 23.2 Å². The molecule has 0 atom stereocenters. The van der Waals surface area contributed by atoms with Crippen LogP contribution in [0.4, 0.5) is 35.9 Å². The van der Waals surface area contributed by atoms with Gasteiger partial charge in [0.2, 0.25) is 5.91 Å². The Labute approximate surface area is 259 Å². The molecule has 4 N–H and O–H groups in total. The summed E-state index contributed by atoms with van der Waals surface area (Å²) >= 11 is 0. The molecule has 1 saturated heterocycles. The third-order valence-corrected chi connectivity index (χ3v) is 7.95. The number of nitro benzene ring substituents is 1. The highest BCUT2D eigenvalue weighted by Gasteiger charge is 2.36. The van der Waals surface area contributed by atoms with E-state index in [2.05, 4.69) is 10.6 Å². The predicted molar refractivity (Wildman–Crippen MR) is 160 cm³/mol. The number of rotatable bonds is 12. The van der Waals surface area contributed by atoms with Crippen molar-refractivity contribution in [3.63, 3.8) is 0 Å². The molecule has 0 unspecified atom stereocenters. The number of likely N-dealkylation sites (tertiary alicyclic amines) is 1. The molecular formula is C30H40F3N5O7. The minimum atomic E-state index is -4.76. The maximum Gasteiger partial charge on any atom is 0.418 e. The zero-order chi connectivity index (χ0) is 32.7. The highest BCUT2D eigenvalue weighted by Crippen LogP contribution is 2.38. The third-order valence-electron chi connectivity index (χ3n) is 7.95. The van der Waals surface area contributed by atoms with Crippen LogP contribution in [0.1, 0.15) is 57.9 Å². The molecular weight excluding hydrogens is 599 g/mol. The van der Waals surface area contributed by atoms with E-state index in [-0.39, 0.29) is 53.7 Å². The fraction of sp³-hybridized carbons (Fsp3) is 0.567. The lowest BCUT2D eigenvalue weighted by Crippen LogP contribution is -2.44. The summed E-state index contributed by atoms with van der Waals surface area (Å²) in [5.74, 6) is 0.338. The number of carbonyl (C=O) groups is 1. The van der Waals surface area contributed by atoms with Gasteiger partial charge in [0, 0.05) is 48.7 Å². The van der Waals surface area contributed by atoms with Crippen molar-refractivity contribution in [3.8, 4) is 5.75 Å². The van der Waals surface area contributed by atoms with Gasteiger partial charge in [-0.3, -0.25) is 25.3 Å². The van der Waals surface area contributed by atoms with Crippen LogP contribution >= 0.6 is 0 Å². The summed E-state index contributed by atoms with van der Waals surface area (Å²) in [5.41, 5.74) is -1.07. The van der Waals surface area contributed by atoms with E-state index >= 15 is 0 Å². The Morgan fingerprint density at radius 3 is 2.20 bits per heavy atom. The van der Waals surface area contributed by atoms with Crippen molar-refractivity contribution >= 4 is 28.7 Å². The molecule has 4 rings (SSSR count). The van der Waals surface area contributed by atoms with Crippen molar-refractivity contribution in [1.29, 1.82) is 0 Å². The lowest BCUT2D eigenvalue weighted by molar-refractivity contribution is -0.385. The van der Waals surface area contributed by atoms with Gasteiger partial charge in [0.15, 0.2) is 5.75 Å². The number of hydrogen-bond acceptors (Lipinski definition) is 10. The third kappa shape index (κ3) is 9.58. The van der Waals surface area contributed by atoms with E-state index in [1.165, 1.54) is 12.1 Å². The molecule has 1 heterocycles. The van der Waals surface area contributed by atoms with Crippen molar-refractivity contribution in [2.45, 2.75) is 76.7 Å². The number of alkyl halides is 3. The highest BCUT2D eigenvalue weighted by atomic mass is 19.4. The number of halogens is 3. The van der Waals surface area contributed by atoms with Crippen molar-refractivity contribution in [2.75, 3.05) is 42.2 Å². The highest BCUT2D eigenvalue weighted by molar-refractivity contribution is 5.77. The van der Waals surface area contributed by atoms with Crippen LogP contribution in [0.15, 0.2) is 36.4 Å². The molecule has 2 aliphatic rings. The molecule has 1 aliphatic carbocycles. The molecule has 12 nitrogen and oxygen atoms in total. The van der Waals surface area contributed by atoms with Crippen LogP contribution in [0.2, 0.25) is 0 Å². The zero-order valence-corrected chi connectivity index (χ0v) is 25.3. The van der Waals surface area contributed by atoms with E-state index in [0.717, 1.165) is 17.8 Å². The maximum absolute atomic E-state index is 13.4. The van der Waals surface area contributed by atoms with Crippen molar-refractivity contribution < 1.29 is 42.8 Å². The van der Waals surface area contributed by atoms with Crippen LogP contribution in [-0.4, -0.2) is 70.6 Å². The lowest BCUT2D eigenvalue weighted by atomic mass is 9.92. The molecule has 2 aromatic carbocycles. The standard InChI is InChI=1S/C30H40F3N5O7/c1-19(2)17-45-28-16-23(6-10-27(28)38(42)43)35-21-11-13-36(14-12-21)29(39)18-44-24-7-3-20(4-8-24)34-22-5-9-26(37(40)41)25(15-22)30(31,32)33/h5-6,9-10,15-16,19-21,24,34-35,40-41H,3-4,7-8,11-14,17-18H2,1-2H3. The van der Waals surface area contributed by atoms with Crippen LogP contribution < -0.4 is 20.6 Å². The average molecular weight is 640 g/mol. The predicted octanol–water partition coefficient (Wildman–Crippen LogP) is 6.08. The molecule has 1 aliphatic heterocycles. The van der Waals surface area contributed by atoms with Gasteiger partial charge in [-0.25, -0.2) is 0 Å². The van der Waals surface area contributed by atoms with Crippen LogP contribution in [-0.2, 0) is 15.7 Å². The van der Waals surface area contributed by atoms with Gasteiger partial charge >= 0.3 is 11.9 Å². The summed E-state index contributed by atoms with van der Waals surface area (Å²) < 4.78 is 51.6. The summed E-state index contributed by atoms with van der Waals surface area (Å²) in [5, 5.41) is 35.5. The number of nitrogens with one attached hydrogen (secondary N) is 2. The molecule has 0 bridgehead atoms. The van der Waals surface area contributed by atoms with Crippen molar-refractivity contribution in [1.82, 2.24) is 4.90 Å². The van der Waals surface area contributed by atoms with E-state index in [9.17, 15) is 28.1 Å². The molecule has 1 saturated carbocycles. The first kappa shape index (κ1) is 34.1. The molecule has 15 heteroatoms. The number of nitrogens with zero attached hydrogens (tertiary/aromatic N) is 3. The van der Waals surface area contributed by atoms with Gasteiger partial charge in [-0.2, -0.15) is 13.2 Å². The van der Waals surface area contributed by atoms with E-state index in [1.807, 2.05) is 13.8 Å². The summed E-state index contributed by atoms with van der Waals surface area (Å²) in [4.78, 5) is 25.5. The largest absolute Gasteiger partial charge is 0.486 e. The Balaban J connectivity index is 1.19. The maximum atomic E-state index is 13.4. The lowest BCUT2D eigenvalue weighted by Gasteiger charge is -2.34. The Morgan fingerprint density at radius 1 is 1.02 bits per heavy atom. The first-order chi connectivity index (χ1) is 21.3. The molecule has 0 aromatic heterocycles. The van der Waals surface area contributed by atoms with Crippen molar-refractivity contribution in [3.05, 3.63) is 52.1 Å². The first-order valence-electron chi connectivity index (χ1n) is 15.0. The van der Waals surface area contributed by atoms with E-state index in [1.54, 1.807) is 17.0 Å². The molecule has 0 spiro atoms. The molecule has 0 radical (unpaired) electrons. The quantitative estimate of drug-likeness (QED) is 0.159. The molecule has 45 heavy (non-hydrogen) atoms. The number of piperidine rings is 1. The Morgan fingerprint density at radius 2 is 1.62 bits per heavy atom. The van der Waals surface area contributed by atoms with Crippen LogP contribution in [0, 0.1) is 16.0 Å². The topological polar surface area (TPSA) is 150 Å². The number of anilines is 3. The summed E-state index contributed by atoms with van der Waals surface area (Å²) in [6, 6.07) is 7.92. The van der Waals surface area contributed by atoms with Gasteiger partial charge in [-0.1, -0.05) is 13.8 Å². The molecule has 248 valence electrons. The average Bonchev–Trinajstić information content (AvgIpc) is 2.99. The van der Waals surface area contributed by atoms with Crippen LogP contribution in [0.25, 0.3) is 0 Å². The second kappa shape index (κ2) is 15.0. The number of amides is 1. The SMILES string of the molecule is CC(C)COc1cc(NC2CCN(C(=O)COC3CCC(Nc4ccc(N(O)O)c(C(F)(F)F)c4)CC3)CC2)ccc1[N+](=O)[O-]. The van der Waals surface area contributed by atoms with Gasteiger partial charge in [0.1, 0.15) is 12.3 Å². The Bertz CT molecular complexity index is 1310. The number of carbonyl (C=O) groups excluding carboxylic acids is 1. The summed E-state index contributed by atoms with van der Waals surface area (Å²) in [7, 11) is 0. The van der Waals surface area contributed by atoms with Crippen LogP contribution in [0.5, 0.6) is 5.75 Å². The molecule has 2 fully saturated rings. The van der Waals surface area contributed by atoms with E-state index < -0.39 is 27.6 Å². The Kier molecular flexibility index (Phi) is 11.3. The molecule has 1 amide bonds. The number of benzene rings is 2. The normalized spacial score (nSPS) is 19.3. The van der Waals surface area contributed by atoms with Gasteiger partial charge < -0.3 is 25.0 Å². The minimum Gasteiger partial charge on any atom is -0.486 e. The van der Waals surface area contributed by atoms with Gasteiger partial charge in [0.25, 0.3) is 0 Å². The van der Waals surface area contributed by atoms with Gasteiger partial charge in [-0.05, 0) is 68.7 Å². The van der Waals surface area contributed by atoms with Crippen LogP contribution in [0.3, 0.4) is 0 Å². The summed E-state index contributed by atoms with van der Waals surface area (Å²) in [6.45, 7) is 5.34. The van der Waals surface area contributed by atoms with Gasteiger partial charge in [-0.15, -0.1) is 5.23 Å². The van der Waals surface area contributed by atoms with E-state index in [0.29, 0.717) is 58.2 Å². The fourth-order valence-corrected chi connectivity index (χ4v) is 5.55. The minimum absolute atomic E-state index is 0.0466. The van der Waals surface area contributed by atoms with Crippen molar-refractivity contribution in [2.24, 2.45) is 5.92 Å². The second-order valence-corrected chi connectivity index (χ2v) is 11.9.